The van der Waals surface area contributed by atoms with Crippen LogP contribution in [0.25, 0.3) is 110 Å². The molecule has 0 spiro atoms. The summed E-state index contributed by atoms with van der Waals surface area (Å²) in [7, 11) is 0. The van der Waals surface area contributed by atoms with E-state index >= 15 is 0 Å². The molecule has 0 saturated carbocycles. The maximum Gasteiger partial charge on any atom is 0.160 e. The molecule has 0 unspecified atom stereocenters. The van der Waals surface area contributed by atoms with Gasteiger partial charge < -0.3 is 4.42 Å². The van der Waals surface area contributed by atoms with Crippen molar-refractivity contribution < 1.29 is 4.42 Å². The number of hydrogen-bond acceptors (Lipinski definition) is 3. The third-order valence-electron chi connectivity index (χ3n) is 10.9. The van der Waals surface area contributed by atoms with Gasteiger partial charge in [-0.1, -0.05) is 164 Å². The molecule has 9 aromatic carbocycles. The smallest absolute Gasteiger partial charge is 0.160 e. The van der Waals surface area contributed by atoms with Gasteiger partial charge in [0, 0.05) is 27.5 Å². The normalized spacial score (nSPS) is 11.6. The summed E-state index contributed by atoms with van der Waals surface area (Å²) in [5.74, 6) is 0.700. The van der Waals surface area contributed by atoms with Crippen molar-refractivity contribution in [3.63, 3.8) is 0 Å². The van der Waals surface area contributed by atoms with Gasteiger partial charge in [-0.25, -0.2) is 9.97 Å². The van der Waals surface area contributed by atoms with Gasteiger partial charge in [0.1, 0.15) is 11.2 Å². The maximum atomic E-state index is 6.08. The number of para-hydroxylation sites is 1. The standard InChI is InChI=1S/C52H32N2O/c1-2-11-38(12-3-1)52-53-47(35-20-18-33(19-21-35)39-27-29-50-46(30-39)43-16-8-9-17-49(43)55-50)32-48(54-52)36-22-24-37(25-23-36)51-42-15-7-5-13-40(42)31-45-41-14-6-4-10-34(41)26-28-44(45)51/h1-32H. The van der Waals surface area contributed by atoms with Crippen LogP contribution in [-0.4, -0.2) is 9.97 Å². The van der Waals surface area contributed by atoms with Gasteiger partial charge in [-0.3, -0.25) is 0 Å². The quantitative estimate of drug-likeness (QED) is 0.133. The molecule has 0 aliphatic heterocycles. The van der Waals surface area contributed by atoms with Crippen molar-refractivity contribution in [1.29, 1.82) is 0 Å². The molecule has 0 atom stereocenters. The van der Waals surface area contributed by atoms with Crippen LogP contribution >= 0.6 is 0 Å². The Morgan fingerprint density at radius 2 is 0.873 bits per heavy atom. The van der Waals surface area contributed by atoms with Crippen molar-refractivity contribution in [1.82, 2.24) is 9.97 Å². The zero-order valence-electron chi connectivity index (χ0n) is 29.8. The van der Waals surface area contributed by atoms with E-state index in [1.807, 2.05) is 30.3 Å². The minimum absolute atomic E-state index is 0.700. The lowest BCUT2D eigenvalue weighted by Gasteiger charge is -2.15. The number of furan rings is 1. The van der Waals surface area contributed by atoms with Gasteiger partial charge in [0.2, 0.25) is 0 Å². The van der Waals surface area contributed by atoms with Crippen LogP contribution in [0.5, 0.6) is 0 Å². The Morgan fingerprint density at radius 1 is 0.291 bits per heavy atom. The molecule has 3 heteroatoms. The first-order valence-electron chi connectivity index (χ1n) is 18.6. The maximum absolute atomic E-state index is 6.08. The SMILES string of the molecule is c1ccc(-c2nc(-c3ccc(-c4ccc5oc6ccccc6c5c4)cc3)cc(-c3ccc(-c4c5ccccc5cc5c4ccc4ccccc45)cc3)n2)cc1. The second-order valence-corrected chi connectivity index (χ2v) is 14.1. The van der Waals surface area contributed by atoms with E-state index in [0.29, 0.717) is 5.82 Å². The van der Waals surface area contributed by atoms with Crippen molar-refractivity contribution in [3.8, 4) is 56.2 Å². The van der Waals surface area contributed by atoms with Crippen molar-refractivity contribution in [2.45, 2.75) is 0 Å². The van der Waals surface area contributed by atoms with E-state index in [9.17, 15) is 0 Å². The summed E-state index contributed by atoms with van der Waals surface area (Å²) in [5, 5.41) is 9.77. The predicted molar refractivity (Wildman–Crippen MR) is 229 cm³/mol. The summed E-state index contributed by atoms with van der Waals surface area (Å²) < 4.78 is 6.08. The first-order valence-corrected chi connectivity index (χ1v) is 18.6. The third-order valence-corrected chi connectivity index (χ3v) is 10.9. The van der Waals surface area contributed by atoms with Crippen LogP contribution in [0, 0.1) is 0 Å². The average molecular weight is 701 g/mol. The van der Waals surface area contributed by atoms with Crippen LogP contribution in [0.3, 0.4) is 0 Å². The Morgan fingerprint density at radius 3 is 1.64 bits per heavy atom. The first-order chi connectivity index (χ1) is 27.2. The number of aromatic nitrogens is 2. The molecular formula is C52H32N2O. The molecule has 0 amide bonds. The third kappa shape index (κ3) is 5.36. The van der Waals surface area contributed by atoms with Crippen molar-refractivity contribution in [3.05, 3.63) is 194 Å². The molecule has 0 radical (unpaired) electrons. The fraction of sp³-hybridized carbons (Fsp3) is 0. The number of fused-ring (bicyclic) bond motifs is 7. The van der Waals surface area contributed by atoms with E-state index in [-0.39, 0.29) is 0 Å². The number of benzene rings is 9. The van der Waals surface area contributed by atoms with Gasteiger partial charge in [0.25, 0.3) is 0 Å². The fourth-order valence-corrected chi connectivity index (χ4v) is 8.14. The molecule has 2 aromatic heterocycles. The molecule has 0 aliphatic rings. The minimum Gasteiger partial charge on any atom is -0.456 e. The minimum atomic E-state index is 0.700. The van der Waals surface area contributed by atoms with E-state index in [1.54, 1.807) is 0 Å². The second kappa shape index (κ2) is 12.6. The van der Waals surface area contributed by atoms with E-state index < -0.39 is 0 Å². The molecule has 0 fully saturated rings. The summed E-state index contributed by atoms with van der Waals surface area (Å²) >= 11 is 0. The molecule has 0 N–H and O–H groups in total. The highest BCUT2D eigenvalue weighted by molar-refractivity contribution is 6.20. The number of nitrogens with zero attached hydrogens (tertiary/aromatic N) is 2. The van der Waals surface area contributed by atoms with Crippen LogP contribution in [0.1, 0.15) is 0 Å². The zero-order valence-corrected chi connectivity index (χ0v) is 29.8. The van der Waals surface area contributed by atoms with Gasteiger partial charge in [-0.05, 0) is 84.9 Å². The number of rotatable bonds is 5. The van der Waals surface area contributed by atoms with E-state index in [2.05, 4.69) is 164 Å². The Hall–Kier alpha value is -7.36. The lowest BCUT2D eigenvalue weighted by Crippen LogP contribution is -1.96. The first kappa shape index (κ1) is 31.2. The molecule has 0 aliphatic carbocycles. The highest BCUT2D eigenvalue weighted by atomic mass is 16.3. The van der Waals surface area contributed by atoms with Gasteiger partial charge in [-0.2, -0.15) is 0 Å². The van der Waals surface area contributed by atoms with E-state index in [0.717, 1.165) is 61.1 Å². The topological polar surface area (TPSA) is 38.9 Å². The van der Waals surface area contributed by atoms with E-state index in [1.165, 1.54) is 43.4 Å². The highest BCUT2D eigenvalue weighted by Gasteiger charge is 2.15. The Bertz CT molecular complexity index is 3230. The lowest BCUT2D eigenvalue weighted by molar-refractivity contribution is 0.669. The van der Waals surface area contributed by atoms with Crippen LogP contribution in [0.2, 0.25) is 0 Å². The Labute approximate surface area is 317 Å². The molecule has 3 nitrogen and oxygen atoms in total. The molecule has 2 heterocycles. The van der Waals surface area contributed by atoms with E-state index in [4.69, 9.17) is 14.4 Å². The molecule has 0 bridgehead atoms. The lowest BCUT2D eigenvalue weighted by atomic mass is 9.89. The molecule has 0 saturated heterocycles. The second-order valence-electron chi connectivity index (χ2n) is 14.1. The van der Waals surface area contributed by atoms with Crippen molar-refractivity contribution >= 4 is 54.3 Å². The predicted octanol–water partition coefficient (Wildman–Crippen LogP) is 14.2. The van der Waals surface area contributed by atoms with Crippen LogP contribution in [0.4, 0.5) is 0 Å². The summed E-state index contributed by atoms with van der Waals surface area (Å²) in [6, 6.07) is 68.7. The zero-order chi connectivity index (χ0) is 36.3. The summed E-state index contributed by atoms with van der Waals surface area (Å²) in [4.78, 5) is 10.2. The van der Waals surface area contributed by atoms with Crippen LogP contribution in [-0.2, 0) is 0 Å². The highest BCUT2D eigenvalue weighted by Crippen LogP contribution is 2.40. The molecule has 55 heavy (non-hydrogen) atoms. The van der Waals surface area contributed by atoms with Gasteiger partial charge in [-0.15, -0.1) is 0 Å². The monoisotopic (exact) mass is 700 g/mol. The van der Waals surface area contributed by atoms with Crippen LogP contribution in [0.15, 0.2) is 199 Å². The Balaban J connectivity index is 0.999. The Kier molecular flexibility index (Phi) is 7.17. The fourth-order valence-electron chi connectivity index (χ4n) is 8.14. The number of hydrogen-bond donors (Lipinski definition) is 0. The van der Waals surface area contributed by atoms with Crippen molar-refractivity contribution in [2.75, 3.05) is 0 Å². The largest absolute Gasteiger partial charge is 0.456 e. The van der Waals surface area contributed by atoms with Gasteiger partial charge in [0.05, 0.1) is 11.4 Å². The van der Waals surface area contributed by atoms with Gasteiger partial charge >= 0.3 is 0 Å². The summed E-state index contributed by atoms with van der Waals surface area (Å²) in [6.07, 6.45) is 0. The van der Waals surface area contributed by atoms with Crippen LogP contribution < -0.4 is 0 Å². The summed E-state index contributed by atoms with van der Waals surface area (Å²) in [6.45, 7) is 0. The van der Waals surface area contributed by atoms with Crippen molar-refractivity contribution in [2.24, 2.45) is 0 Å². The summed E-state index contributed by atoms with van der Waals surface area (Å²) in [5.41, 5.74) is 11.3. The average Bonchev–Trinajstić information content (AvgIpc) is 3.64. The molecule has 11 aromatic rings. The molecular weight excluding hydrogens is 669 g/mol. The molecule has 256 valence electrons. The van der Waals surface area contributed by atoms with Gasteiger partial charge in [0.15, 0.2) is 5.82 Å². The molecule has 11 rings (SSSR count).